The molecule has 0 aliphatic heterocycles. The van der Waals surface area contributed by atoms with Crippen LogP contribution in [0, 0.1) is 5.92 Å². The van der Waals surface area contributed by atoms with E-state index in [0.717, 1.165) is 0 Å². The molecule has 5 nitrogen and oxygen atoms in total. The average Bonchev–Trinajstić information content (AvgIpc) is 2.13. The summed E-state index contributed by atoms with van der Waals surface area (Å²) in [5.74, 6) is 0.382. The number of ether oxygens (including phenoxy) is 1. The van der Waals surface area contributed by atoms with Crippen LogP contribution in [0.1, 0.15) is 27.2 Å². The van der Waals surface area contributed by atoms with Gasteiger partial charge in [0.05, 0.1) is 12.9 Å². The second-order valence-electron chi connectivity index (χ2n) is 3.81. The van der Waals surface area contributed by atoms with Crippen molar-refractivity contribution in [1.29, 1.82) is 0 Å². The van der Waals surface area contributed by atoms with Crippen LogP contribution in [0.3, 0.4) is 0 Å². The zero-order chi connectivity index (χ0) is 11.9. The molecule has 0 heterocycles. The molecule has 0 rings (SSSR count). The molecule has 0 fully saturated rings. The molecule has 0 aromatic heterocycles. The number of carbonyl (C=O) groups excluding carboxylic acids is 1. The molecule has 90 valence electrons. The lowest BCUT2D eigenvalue weighted by atomic mass is 10.2. The highest BCUT2D eigenvalue weighted by Gasteiger charge is 2.19. The number of alkyl carbamates (subject to hydrolysis) is 1. The number of nitrogens with one attached hydrogen (secondary N) is 1. The maximum Gasteiger partial charge on any atom is 0.407 e. The molecule has 0 aromatic rings. The van der Waals surface area contributed by atoms with Crippen LogP contribution in [0.25, 0.3) is 0 Å². The normalized spacial score (nSPS) is 14.7. The minimum Gasteiger partial charge on any atom is -0.450 e. The first-order chi connectivity index (χ1) is 6.87. The summed E-state index contributed by atoms with van der Waals surface area (Å²) in [6.45, 7) is 5.90. The molecule has 0 saturated carbocycles. The highest BCUT2D eigenvalue weighted by Crippen LogP contribution is 2.40. The second-order valence-corrected chi connectivity index (χ2v) is 6.26. The first-order valence-electron chi connectivity index (χ1n) is 5.09. The van der Waals surface area contributed by atoms with Crippen molar-refractivity contribution in [1.82, 2.24) is 5.32 Å². The molecule has 6 heteroatoms. The van der Waals surface area contributed by atoms with Crippen molar-refractivity contribution in [2.45, 2.75) is 27.2 Å². The largest absolute Gasteiger partial charge is 0.450 e. The van der Waals surface area contributed by atoms with Crippen molar-refractivity contribution in [3.63, 3.8) is 0 Å². The summed E-state index contributed by atoms with van der Waals surface area (Å²) in [6, 6.07) is 0. The highest BCUT2D eigenvalue weighted by atomic mass is 31.2. The number of hydrogen-bond acceptors (Lipinski definition) is 3. The molecular weight excluding hydrogens is 217 g/mol. The van der Waals surface area contributed by atoms with Gasteiger partial charge in [-0.25, -0.2) is 4.79 Å². The van der Waals surface area contributed by atoms with Gasteiger partial charge in [-0.3, -0.25) is 4.57 Å². The second kappa shape index (κ2) is 6.85. The van der Waals surface area contributed by atoms with Crippen molar-refractivity contribution in [2.75, 3.05) is 19.1 Å². The van der Waals surface area contributed by atoms with E-state index >= 15 is 0 Å². The summed E-state index contributed by atoms with van der Waals surface area (Å²) in [5, 5.41) is 2.27. The van der Waals surface area contributed by atoms with Gasteiger partial charge in [0.1, 0.15) is 0 Å². The van der Waals surface area contributed by atoms with E-state index in [1.54, 1.807) is 6.92 Å². The third-order valence-corrected chi connectivity index (χ3v) is 3.41. The van der Waals surface area contributed by atoms with Crippen molar-refractivity contribution < 1.29 is 19.0 Å². The first-order valence-corrected chi connectivity index (χ1v) is 7.12. The van der Waals surface area contributed by atoms with Gasteiger partial charge >= 0.3 is 6.09 Å². The first kappa shape index (κ1) is 14.5. The monoisotopic (exact) mass is 237 g/mol. The van der Waals surface area contributed by atoms with Crippen molar-refractivity contribution in [2.24, 2.45) is 5.92 Å². The Morgan fingerprint density at radius 2 is 2.13 bits per heavy atom. The van der Waals surface area contributed by atoms with Gasteiger partial charge in [-0.15, -0.1) is 0 Å². The molecule has 0 spiro atoms. The summed E-state index contributed by atoms with van der Waals surface area (Å²) in [5.41, 5.74) is 0. The SMILES string of the molecule is CCOC(=O)NCP(=O)(O)CCC(C)C. The van der Waals surface area contributed by atoms with Crippen LogP contribution in [0.15, 0.2) is 0 Å². The molecular formula is C9H20NO4P. The molecule has 0 saturated heterocycles. The van der Waals surface area contributed by atoms with Crippen molar-refractivity contribution in [3.05, 3.63) is 0 Å². The predicted molar refractivity (Wildman–Crippen MR) is 59.2 cm³/mol. The number of hydrogen-bond donors (Lipinski definition) is 2. The van der Waals surface area contributed by atoms with Crippen LogP contribution in [0.5, 0.6) is 0 Å². The Labute approximate surface area is 90.7 Å². The zero-order valence-electron chi connectivity index (χ0n) is 9.52. The molecule has 0 radical (unpaired) electrons. The fourth-order valence-corrected chi connectivity index (χ4v) is 2.36. The third-order valence-electron chi connectivity index (χ3n) is 1.80. The predicted octanol–water partition coefficient (Wildman–Crippen LogP) is 2.01. The molecule has 2 N–H and O–H groups in total. The van der Waals surface area contributed by atoms with Gasteiger partial charge in [0.15, 0.2) is 0 Å². The van der Waals surface area contributed by atoms with E-state index in [9.17, 15) is 14.3 Å². The van der Waals surface area contributed by atoms with Gasteiger partial charge < -0.3 is 14.9 Å². The fourth-order valence-electron chi connectivity index (χ4n) is 0.909. The summed E-state index contributed by atoms with van der Waals surface area (Å²) >= 11 is 0. The summed E-state index contributed by atoms with van der Waals surface area (Å²) in [4.78, 5) is 20.3. The van der Waals surface area contributed by atoms with Gasteiger partial charge in [-0.1, -0.05) is 13.8 Å². The standard InChI is InChI=1S/C9H20NO4P/c1-4-14-9(11)10-7-15(12,13)6-5-8(2)3/h8H,4-7H2,1-3H3,(H,10,11)(H,12,13). The van der Waals surface area contributed by atoms with Gasteiger partial charge in [0.25, 0.3) is 0 Å². The zero-order valence-corrected chi connectivity index (χ0v) is 10.4. The maximum absolute atomic E-state index is 11.5. The van der Waals surface area contributed by atoms with Crippen LogP contribution >= 0.6 is 7.37 Å². The maximum atomic E-state index is 11.5. The van der Waals surface area contributed by atoms with Crippen LogP contribution < -0.4 is 5.32 Å². The third kappa shape index (κ3) is 8.45. The fraction of sp³-hybridized carbons (Fsp3) is 0.889. The molecule has 1 unspecified atom stereocenters. The highest BCUT2D eigenvalue weighted by molar-refractivity contribution is 7.57. The summed E-state index contributed by atoms with van der Waals surface area (Å²) < 4.78 is 16.1. The Morgan fingerprint density at radius 1 is 1.53 bits per heavy atom. The quantitative estimate of drug-likeness (QED) is 0.693. The van der Waals surface area contributed by atoms with E-state index in [1.165, 1.54) is 0 Å². The summed E-state index contributed by atoms with van der Waals surface area (Å²) in [7, 11) is -3.24. The number of rotatable bonds is 6. The van der Waals surface area contributed by atoms with E-state index in [1.807, 2.05) is 13.8 Å². The van der Waals surface area contributed by atoms with E-state index in [0.29, 0.717) is 12.3 Å². The van der Waals surface area contributed by atoms with Gasteiger partial charge in [-0.05, 0) is 19.3 Å². The van der Waals surface area contributed by atoms with E-state index < -0.39 is 13.5 Å². The van der Waals surface area contributed by atoms with E-state index in [2.05, 4.69) is 10.1 Å². The van der Waals surface area contributed by atoms with Gasteiger partial charge in [0.2, 0.25) is 7.37 Å². The van der Waals surface area contributed by atoms with Crippen LogP contribution in [-0.4, -0.2) is 30.0 Å². The lowest BCUT2D eigenvalue weighted by molar-refractivity contribution is 0.153. The van der Waals surface area contributed by atoms with E-state index in [4.69, 9.17) is 0 Å². The van der Waals surface area contributed by atoms with Gasteiger partial charge in [0, 0.05) is 6.16 Å². The smallest absolute Gasteiger partial charge is 0.407 e. The average molecular weight is 237 g/mol. The molecule has 0 aromatic carbocycles. The Hall–Kier alpha value is -0.540. The molecule has 0 bridgehead atoms. The Balaban J connectivity index is 3.83. The minimum atomic E-state index is -3.24. The minimum absolute atomic E-state index is 0.210. The van der Waals surface area contributed by atoms with Crippen molar-refractivity contribution in [3.8, 4) is 0 Å². The van der Waals surface area contributed by atoms with Gasteiger partial charge in [-0.2, -0.15) is 0 Å². The van der Waals surface area contributed by atoms with Crippen molar-refractivity contribution >= 4 is 13.5 Å². The molecule has 0 aliphatic carbocycles. The Bertz CT molecular complexity index is 242. The Kier molecular flexibility index (Phi) is 6.61. The van der Waals surface area contributed by atoms with Crippen LogP contribution in [0.4, 0.5) is 4.79 Å². The van der Waals surface area contributed by atoms with Crippen LogP contribution in [0.2, 0.25) is 0 Å². The molecule has 15 heavy (non-hydrogen) atoms. The molecule has 1 atom stereocenters. The summed E-state index contributed by atoms with van der Waals surface area (Å²) in [6.07, 6.45) is 0.0600. The van der Waals surface area contributed by atoms with Crippen LogP contribution in [-0.2, 0) is 9.30 Å². The number of carbonyl (C=O) groups is 1. The van der Waals surface area contributed by atoms with E-state index in [-0.39, 0.29) is 19.1 Å². The number of amides is 1. The Morgan fingerprint density at radius 3 is 2.60 bits per heavy atom. The topological polar surface area (TPSA) is 75.6 Å². The lowest BCUT2D eigenvalue weighted by Crippen LogP contribution is -2.25. The molecule has 1 amide bonds. The molecule has 0 aliphatic rings. The lowest BCUT2D eigenvalue weighted by Gasteiger charge is -2.13.